The molecule has 0 radical (unpaired) electrons. The Bertz CT molecular complexity index is 3770. The monoisotopic (exact) mass is 2060 g/mol. The van der Waals surface area contributed by atoms with Crippen LogP contribution in [0.1, 0.15) is 295 Å². The van der Waals surface area contributed by atoms with Gasteiger partial charge < -0.3 is 94.3 Å². The number of piperazine rings is 3. The SMILES string of the molecule is CC(C)(C)CC(=O)N1CCC(C(=O)N2CCNCC2)CC1.CC(C)(C)CC(=O)N1CCC(C)(N2CCOCC2)CC1.CC(C)(C)CC(=O)N1CCC(N2CCOC[C@@H]2CO)CC1.CC(C)(C)CC(=O)N1CCC(N2CCOC[C@H]2CO)CC1.CC(C)(C)CC(=O)O.CC(C)CC(=O)N1CCC(C(=O)N2CCN(C)CC2)CC1.CC(C)CC(=O)N1CCC(NCC(C)(C)C#N)CC1.CC(C)CC(=O)N1CCN(CCO)CC1. The number of hydrogen-bond donors (Lipinski definition) is 6. The molecule has 844 valence electrons. The molecule has 12 rings (SSSR count). The quantitative estimate of drug-likeness (QED) is 0.0553. The van der Waals surface area contributed by atoms with E-state index in [0.29, 0.717) is 118 Å². The van der Waals surface area contributed by atoms with Gasteiger partial charge in [-0.15, -0.1) is 0 Å². The van der Waals surface area contributed by atoms with Gasteiger partial charge in [0, 0.05) is 277 Å². The van der Waals surface area contributed by atoms with E-state index in [0.717, 1.165) is 293 Å². The zero-order valence-electron chi connectivity index (χ0n) is 96.3. The normalized spacial score (nSPS) is 21.9. The van der Waals surface area contributed by atoms with Crippen LogP contribution in [0.25, 0.3) is 0 Å². The summed E-state index contributed by atoms with van der Waals surface area (Å²) in [5.74, 6) is 3.29. The molecule has 6 N–H and O–H groups in total. The van der Waals surface area contributed by atoms with Crippen molar-refractivity contribution in [1.82, 2.24) is 79.2 Å². The number of ether oxygens (including phenoxy) is 3. The van der Waals surface area contributed by atoms with Crippen LogP contribution in [-0.2, 0) is 62.2 Å². The number of β-amino-alcohol motifs (C(OH)–C–C–N with tert-alkyl or cyclic N) is 1. The van der Waals surface area contributed by atoms with Crippen molar-refractivity contribution in [3.8, 4) is 6.07 Å². The molecule has 0 spiro atoms. The fraction of sp³-hybridized carbons (Fsp3) is 0.902. The van der Waals surface area contributed by atoms with Gasteiger partial charge in [0.1, 0.15) is 0 Å². The molecule has 146 heavy (non-hydrogen) atoms. The van der Waals surface area contributed by atoms with Gasteiger partial charge >= 0.3 is 5.97 Å². The number of nitrogens with one attached hydrogen (secondary N) is 2. The molecular weight excluding hydrogens is 1860 g/mol. The summed E-state index contributed by atoms with van der Waals surface area (Å²) < 4.78 is 16.3. The lowest BCUT2D eigenvalue weighted by atomic mass is 9.86. The van der Waals surface area contributed by atoms with E-state index in [-0.39, 0.29) is 124 Å². The Hall–Kier alpha value is -6.33. The molecule has 12 saturated heterocycles. The van der Waals surface area contributed by atoms with Crippen molar-refractivity contribution in [2.75, 3.05) is 263 Å². The summed E-state index contributed by atoms with van der Waals surface area (Å²) in [7, 11) is 2.10. The molecule has 2 atom stereocenters. The summed E-state index contributed by atoms with van der Waals surface area (Å²) in [6.07, 6.45) is 16.1. The standard InChI is InChI=1S/2C16H29N3O2.2C16H30N2O3.C16H30N2O2.C15H27N3O.C11H22N2O2.C6H12O2/c1-16(2,3)12-14(20)18-8-4-13(5-9-18)15(21)19-10-6-17-7-11-19;1-13(2)12-15(20)18-6-4-14(5-7-18)16(21)19-10-8-17(3)9-11-19;2*1-16(2,3)10-15(20)17-6-4-13(5-7-17)18-8-9-21-12-14(18)11-19;1-15(2,3)13-14(19)17-7-5-16(4,6-8-17)18-9-11-20-12-10-18;1-12(2)9-14(19)18-7-5-13(6-8-18)17-11-15(3,4)10-16;1-10(2)9-11(15)13-5-3-12(4-6-13)7-8-14;1-6(2,3)4-5(7)8/h13,17H,4-12H2,1-3H3;13-14H,4-12H2,1-3H3;2*13-14,19H,4-12H2,1-3H3;5-13H2,1-4H3;12-13,17H,5-9,11H2,1-4H3;10,14H,3-9H2,1-2H3;4H2,1-3H3,(H,7,8)/t;;2*14-;;;;/m..10..../s1. The third-order valence-corrected chi connectivity index (χ3v) is 29.4. The van der Waals surface area contributed by atoms with Crippen LogP contribution < -0.4 is 10.6 Å². The van der Waals surface area contributed by atoms with E-state index in [1.165, 1.54) is 0 Å². The van der Waals surface area contributed by atoms with Crippen molar-refractivity contribution in [3.05, 3.63) is 0 Å². The first kappa shape index (κ1) is 130. The molecule has 34 nitrogen and oxygen atoms in total. The predicted molar refractivity (Wildman–Crippen MR) is 578 cm³/mol. The van der Waals surface area contributed by atoms with Crippen molar-refractivity contribution >= 4 is 59.1 Å². The Morgan fingerprint density at radius 2 is 0.692 bits per heavy atom. The van der Waals surface area contributed by atoms with Crippen LogP contribution in [0.5, 0.6) is 0 Å². The third kappa shape index (κ3) is 50.9. The molecule has 0 aromatic rings. The van der Waals surface area contributed by atoms with Gasteiger partial charge in [-0.25, -0.2) is 0 Å². The molecule has 0 saturated carbocycles. The van der Waals surface area contributed by atoms with Crippen molar-refractivity contribution in [2.24, 2.45) is 62.1 Å². The molecule has 34 heteroatoms. The number of likely N-dealkylation sites (N-methyl/N-ethyl adjacent to an activating group) is 1. The van der Waals surface area contributed by atoms with E-state index in [4.69, 9.17) is 29.7 Å². The van der Waals surface area contributed by atoms with Crippen molar-refractivity contribution in [3.63, 3.8) is 0 Å². The summed E-state index contributed by atoms with van der Waals surface area (Å²) >= 11 is 0. The first-order chi connectivity index (χ1) is 68.3. The highest BCUT2D eigenvalue weighted by molar-refractivity contribution is 5.82. The van der Waals surface area contributed by atoms with Crippen LogP contribution in [0, 0.1) is 73.4 Å². The molecule has 0 aliphatic carbocycles. The van der Waals surface area contributed by atoms with E-state index in [9.17, 15) is 58.2 Å². The van der Waals surface area contributed by atoms with Crippen molar-refractivity contribution in [1.29, 1.82) is 5.26 Å². The topological polar surface area (TPSA) is 373 Å². The highest BCUT2D eigenvalue weighted by Gasteiger charge is 2.42. The molecular formula is C112H209N17O17. The fourth-order valence-corrected chi connectivity index (χ4v) is 20.6. The number of morpholine rings is 3. The van der Waals surface area contributed by atoms with Gasteiger partial charge in [0.05, 0.1) is 89.5 Å². The maximum absolute atomic E-state index is 12.5. The molecule has 0 aromatic heterocycles. The lowest BCUT2D eigenvalue weighted by molar-refractivity contribution is -0.142. The number of carboxylic acid groups (broad SMARTS) is 1. The average Bonchev–Trinajstić information content (AvgIpc) is 0.794. The molecule has 0 aromatic carbocycles. The highest BCUT2D eigenvalue weighted by Crippen LogP contribution is 2.34. The highest BCUT2D eigenvalue weighted by atomic mass is 16.5. The Morgan fingerprint density at radius 3 is 1.01 bits per heavy atom. The molecule has 12 aliphatic rings. The van der Waals surface area contributed by atoms with Gasteiger partial charge in [0.2, 0.25) is 53.2 Å². The molecule has 0 unspecified atom stereocenters. The fourth-order valence-electron chi connectivity index (χ4n) is 20.6. The smallest absolute Gasteiger partial charge is 0.303 e. The second-order valence-corrected chi connectivity index (χ2v) is 51.4. The van der Waals surface area contributed by atoms with Crippen LogP contribution in [0.3, 0.4) is 0 Å². The average molecular weight is 2070 g/mol. The van der Waals surface area contributed by atoms with Crippen molar-refractivity contribution in [2.45, 2.75) is 330 Å². The maximum atomic E-state index is 12.5. The third-order valence-electron chi connectivity index (χ3n) is 29.4. The number of hydrogen-bond acceptors (Lipinski definition) is 24. The summed E-state index contributed by atoms with van der Waals surface area (Å²) in [4.78, 5) is 149. The van der Waals surface area contributed by atoms with Gasteiger partial charge in [-0.2, -0.15) is 5.26 Å². The predicted octanol–water partition coefficient (Wildman–Crippen LogP) is 10.3. The minimum absolute atomic E-state index is 0.0323. The van der Waals surface area contributed by atoms with Gasteiger partial charge in [0.15, 0.2) is 0 Å². The van der Waals surface area contributed by atoms with Crippen LogP contribution in [-0.4, -0.2) is 447 Å². The Balaban J connectivity index is 0.000000296. The summed E-state index contributed by atoms with van der Waals surface area (Å²) in [5.41, 5.74) is 0.0889. The molecule has 0 bridgehead atoms. The van der Waals surface area contributed by atoms with Crippen LogP contribution >= 0.6 is 0 Å². The number of carboxylic acids is 1. The van der Waals surface area contributed by atoms with Gasteiger partial charge in [-0.3, -0.25) is 67.5 Å². The number of nitriles is 1. The minimum atomic E-state index is -0.725. The van der Waals surface area contributed by atoms with E-state index in [1.54, 1.807) is 0 Å². The van der Waals surface area contributed by atoms with Crippen molar-refractivity contribution < 1.29 is 82.6 Å². The van der Waals surface area contributed by atoms with Gasteiger partial charge in [-0.1, -0.05) is 145 Å². The van der Waals surface area contributed by atoms with Gasteiger partial charge in [-0.05, 0) is 150 Å². The number of aliphatic hydroxyl groups is 3. The number of carbonyl (C=O) groups excluding carboxylic acids is 9. The first-order valence-electron chi connectivity index (χ1n) is 56.2. The second kappa shape index (κ2) is 64.0. The molecule has 12 fully saturated rings. The number of piperidine rings is 6. The number of nitrogens with zero attached hydrogens (tertiary/aromatic N) is 15. The maximum Gasteiger partial charge on any atom is 0.303 e. The second-order valence-electron chi connectivity index (χ2n) is 51.4. The van der Waals surface area contributed by atoms with Crippen LogP contribution in [0.15, 0.2) is 0 Å². The number of amides is 9. The molecule has 12 heterocycles. The minimum Gasteiger partial charge on any atom is -0.481 e. The van der Waals surface area contributed by atoms with E-state index < -0.39 is 5.97 Å². The number of likely N-dealkylation sites (tertiary alicyclic amines) is 6. The Kier molecular flexibility index (Phi) is 57.0. The van der Waals surface area contributed by atoms with E-state index in [2.05, 4.69) is 185 Å². The van der Waals surface area contributed by atoms with Crippen LogP contribution in [0.2, 0.25) is 0 Å². The number of aliphatic carboxylic acids is 1. The largest absolute Gasteiger partial charge is 0.481 e. The van der Waals surface area contributed by atoms with E-state index >= 15 is 0 Å². The number of aliphatic hydroxyl groups excluding tert-OH is 3. The van der Waals surface area contributed by atoms with Gasteiger partial charge in [0.25, 0.3) is 0 Å². The lowest BCUT2D eigenvalue weighted by Crippen LogP contribution is -2.57. The molecule has 9 amide bonds. The zero-order chi connectivity index (χ0) is 109. The van der Waals surface area contributed by atoms with Crippen LogP contribution in [0.4, 0.5) is 0 Å². The summed E-state index contributed by atoms with van der Waals surface area (Å²) in [6, 6.07) is 3.95. The Morgan fingerprint density at radius 1 is 0.384 bits per heavy atom. The lowest BCUT2D eigenvalue weighted by Gasteiger charge is -2.48. The number of carbonyl (C=O) groups is 10. The van der Waals surface area contributed by atoms with E-state index in [1.807, 2.05) is 73.8 Å². The first-order valence-corrected chi connectivity index (χ1v) is 56.2. The Labute approximate surface area is 882 Å². The molecule has 12 aliphatic heterocycles. The number of rotatable bonds is 23. The summed E-state index contributed by atoms with van der Waals surface area (Å²) in [6.45, 7) is 80.3. The summed E-state index contributed by atoms with van der Waals surface area (Å²) in [5, 5.41) is 51.7. The zero-order valence-corrected chi connectivity index (χ0v) is 96.3.